The van der Waals surface area contributed by atoms with Crippen LogP contribution in [-0.2, 0) is 23.7 Å². The van der Waals surface area contributed by atoms with Crippen molar-refractivity contribution in [2.75, 3.05) is 28.7 Å². The lowest BCUT2D eigenvalue weighted by molar-refractivity contribution is -0.0752. The number of aromatic nitrogens is 18. The van der Waals surface area contributed by atoms with Crippen molar-refractivity contribution >= 4 is 156 Å². The summed E-state index contributed by atoms with van der Waals surface area (Å²) >= 11 is 37.9. The van der Waals surface area contributed by atoms with Gasteiger partial charge in [0.15, 0.2) is 100 Å². The predicted octanol–water partition coefficient (Wildman–Crippen LogP) is 0.134. The van der Waals surface area contributed by atoms with Gasteiger partial charge in [-0.3, -0.25) is 47.6 Å². The number of aliphatic hydroxyl groups excluding tert-OH is 10. The number of fused-ring (bicyclic) bond motifs is 5. The van der Waals surface area contributed by atoms with Crippen molar-refractivity contribution < 1.29 is 79.1 Å². The molecule has 41 nitrogen and oxygen atoms in total. The van der Waals surface area contributed by atoms with E-state index in [-0.39, 0.29) is 62.2 Å². The molecule has 15 heterocycles. The first-order valence-electron chi connectivity index (χ1n) is 36.0. The smallest absolute Gasteiger partial charge is 0.280 e. The van der Waals surface area contributed by atoms with Gasteiger partial charge in [-0.1, -0.05) is 99.8 Å². The molecule has 5 saturated heterocycles. The van der Waals surface area contributed by atoms with Gasteiger partial charge in [0.05, 0.1) is 61.1 Å². The zero-order chi connectivity index (χ0) is 88.2. The number of nitrogens with zero attached hydrogens (tertiary/aromatic N) is 14. The second-order valence-electron chi connectivity index (χ2n) is 28.0. The summed E-state index contributed by atoms with van der Waals surface area (Å²) in [6.45, 7) is 15.3. The lowest BCUT2D eigenvalue weighted by atomic mass is 9.96. The Morgan fingerprint density at radius 3 is 1.23 bits per heavy atom. The molecular formula is C72H81Cl5FN23O18S. The highest BCUT2D eigenvalue weighted by Crippen LogP contribution is 2.50. The normalized spacial score (nSPS) is 31.0. The molecule has 5 unspecified atom stereocenters. The number of aliphatic hydroxyl groups is 10. The predicted molar refractivity (Wildman–Crippen MR) is 437 cm³/mol. The summed E-state index contributed by atoms with van der Waals surface area (Å²) in [7, 11) is 0. The van der Waals surface area contributed by atoms with Gasteiger partial charge in [0.2, 0.25) is 23.8 Å². The second kappa shape index (κ2) is 35.3. The molecule has 0 saturated carbocycles. The number of nitrogens with two attached hydrogens (primary N) is 5. The van der Waals surface area contributed by atoms with E-state index in [0.29, 0.717) is 27.7 Å². The van der Waals surface area contributed by atoms with Crippen molar-refractivity contribution in [2.45, 2.75) is 216 Å². The molecule has 48 heteroatoms. The van der Waals surface area contributed by atoms with Crippen molar-refractivity contribution in [1.29, 1.82) is 0 Å². The average molecular weight is 1780 g/mol. The van der Waals surface area contributed by atoms with Crippen LogP contribution in [0.5, 0.6) is 0 Å². The number of aromatic amines is 4. The lowest BCUT2D eigenvalue weighted by Gasteiger charge is -2.26. The largest absolute Gasteiger partial charge is 0.391 e. The molecule has 0 radical (unpaired) electrons. The third-order valence-electron chi connectivity index (χ3n) is 19.7. The standard InChI is InChI=1S/C15H16ClFN4O4.C15H17ClN4O4.C14H16ClN5O4.C14H16ClN5O3S.C14H16ClN5O3/c1-3-4-15(16)10(23)9(6(2)22)25-13(15)21-5-7(17)8-11(21)19-14(18)20-12(8)24;1-3-5-15(16)10(22)9(7(2)21)24-13(15)20-6-4-8-11(20)18-14(17)19-12(8)23;1-3-4-14(15)9(22)8(6(2)21)24-12(14)20-5-17-7-10(20)18-13(16)19-11(7)23;1-3-4-14(15)9(22)8(6(2)21)23-12(14)20-5-17-7-10(20)18-13(16)19-11(7)24;1-3-4-14(15)10(22)9(7(2)21)23-12(14)20-6-18-8-5-17-13(16)19-11(8)20/h5-6,9-10,13,22-23H,1-2H3,(H3,18,19,20,24);4,6-7,9-10,13,21-22H,1-2H3,(H3,17,18,19,23);5-6,8-9,12,21-22H,1-2H3,(H3,16,18,19,23);5-6,8-9,12,21-22H,1-2H3,(H3,16,18,19,24);5-7,9-10,12,21-22H,1-2H3,(H2,16,17,19)/t6-,9+,10-,13+,15?;7-,9+,10-,13+,15?;2*6-,8+,9-,12+,14?;7-,9+,10-,12+,14?/m00000/s1. The number of alkyl halides is 5. The van der Waals surface area contributed by atoms with Gasteiger partial charge >= 0.3 is 0 Å². The highest BCUT2D eigenvalue weighted by atomic mass is 35.5. The fourth-order valence-electron chi connectivity index (χ4n) is 14.2. The van der Waals surface area contributed by atoms with Crippen molar-refractivity contribution in [3.05, 3.63) is 85.2 Å². The molecule has 120 heavy (non-hydrogen) atoms. The number of imidazole rings is 3. The molecule has 24 N–H and O–H groups in total. The van der Waals surface area contributed by atoms with Gasteiger partial charge in [-0.05, 0) is 75.3 Å². The van der Waals surface area contributed by atoms with Crippen LogP contribution in [0.15, 0.2) is 58.0 Å². The second-order valence-corrected chi connectivity index (χ2v) is 31.5. The summed E-state index contributed by atoms with van der Waals surface area (Å²) < 4.78 is 50.4. The van der Waals surface area contributed by atoms with Crippen LogP contribution >= 0.6 is 70.2 Å². The molecule has 15 rings (SSSR count). The minimum Gasteiger partial charge on any atom is -0.391 e. The van der Waals surface area contributed by atoms with Crippen LogP contribution < -0.4 is 45.3 Å². The Morgan fingerprint density at radius 2 is 0.800 bits per heavy atom. The Bertz CT molecular complexity index is 5790. The van der Waals surface area contributed by atoms with E-state index in [0.717, 1.165) is 10.8 Å². The molecule has 0 aromatic carbocycles. The van der Waals surface area contributed by atoms with Gasteiger partial charge in [0.1, 0.15) is 83.1 Å². The molecule has 5 aliphatic heterocycles. The number of H-pyrrole nitrogens is 4. The Labute approximate surface area is 707 Å². The van der Waals surface area contributed by atoms with Crippen molar-refractivity contribution in [3.8, 4) is 59.2 Å². The van der Waals surface area contributed by atoms with Gasteiger partial charge in [-0.15, -0.1) is 29.6 Å². The summed E-state index contributed by atoms with van der Waals surface area (Å²) in [5.74, 6) is 26.0. The van der Waals surface area contributed by atoms with Crippen molar-refractivity contribution in [3.63, 3.8) is 0 Å². The topological polar surface area (TPSA) is 634 Å². The molecule has 10 aromatic heterocycles. The summed E-state index contributed by atoms with van der Waals surface area (Å²) in [6, 6.07) is 1.54. The van der Waals surface area contributed by atoms with Crippen LogP contribution in [0.4, 0.5) is 34.1 Å². The van der Waals surface area contributed by atoms with Gasteiger partial charge < -0.3 is 113 Å². The van der Waals surface area contributed by atoms with E-state index in [1.165, 1.54) is 80.4 Å². The highest BCUT2D eigenvalue weighted by Gasteiger charge is 2.62. The Morgan fingerprint density at radius 1 is 0.450 bits per heavy atom. The first-order chi connectivity index (χ1) is 56.5. The maximum Gasteiger partial charge on any atom is 0.280 e. The number of hydrogen-bond donors (Lipinski definition) is 19. The van der Waals surface area contributed by atoms with Gasteiger partial charge in [-0.2, -0.15) is 19.9 Å². The van der Waals surface area contributed by atoms with Crippen LogP contribution in [0.2, 0.25) is 0 Å². The number of nitrogens with one attached hydrogen (secondary N) is 4. The van der Waals surface area contributed by atoms with E-state index in [2.05, 4.69) is 124 Å². The molecule has 0 bridgehead atoms. The molecular weight excluding hydrogens is 1700 g/mol. The minimum atomic E-state index is -1.69. The fourth-order valence-corrected chi connectivity index (χ4v) is 16.3. The van der Waals surface area contributed by atoms with E-state index in [1.54, 1.807) is 44.5 Å². The monoisotopic (exact) mass is 1780 g/mol. The maximum absolute atomic E-state index is 14.3. The number of rotatable bonds is 10. The summed E-state index contributed by atoms with van der Waals surface area (Å²) in [6.07, 6.45) is -12.7. The van der Waals surface area contributed by atoms with E-state index < -0.39 is 170 Å². The van der Waals surface area contributed by atoms with Crippen LogP contribution in [0.1, 0.15) is 100 Å². The number of ether oxygens (including phenoxy) is 5. The van der Waals surface area contributed by atoms with Gasteiger partial charge in [0, 0.05) is 12.4 Å². The maximum atomic E-state index is 14.3. The van der Waals surface area contributed by atoms with Crippen LogP contribution in [-0.4, -0.2) is 255 Å². The molecule has 25 atom stereocenters. The quantitative estimate of drug-likeness (QED) is 0.0492. The van der Waals surface area contributed by atoms with Crippen LogP contribution in [0, 0.1) is 69.7 Å². The minimum absolute atomic E-state index is 0.0475. The number of hydrogen-bond acceptors (Lipinski definition) is 33. The van der Waals surface area contributed by atoms with Crippen LogP contribution in [0.25, 0.3) is 55.6 Å². The average Bonchev–Trinajstić information content (AvgIpc) is 1.61. The van der Waals surface area contributed by atoms with E-state index in [4.69, 9.17) is 123 Å². The van der Waals surface area contributed by atoms with E-state index >= 15 is 0 Å². The molecule has 0 amide bonds. The van der Waals surface area contributed by atoms with E-state index in [1.807, 2.05) is 0 Å². The number of anilines is 5. The summed E-state index contributed by atoms with van der Waals surface area (Å²) in [5, 5.41) is 102. The molecule has 0 aliphatic carbocycles. The first-order valence-corrected chi connectivity index (χ1v) is 38.3. The van der Waals surface area contributed by atoms with E-state index in [9.17, 15) is 69.8 Å². The molecule has 640 valence electrons. The van der Waals surface area contributed by atoms with Crippen molar-refractivity contribution in [2.24, 2.45) is 0 Å². The molecule has 0 spiro atoms. The lowest BCUT2D eigenvalue weighted by Crippen LogP contribution is -2.43. The zero-order valence-corrected chi connectivity index (χ0v) is 69.2. The summed E-state index contributed by atoms with van der Waals surface area (Å²) in [4.78, 5) is 74.4. The third kappa shape index (κ3) is 16.4. The molecule has 10 aromatic rings. The fraction of sp³-hybridized carbons (Fsp3) is 0.486. The Kier molecular flexibility index (Phi) is 26.7. The van der Waals surface area contributed by atoms with Gasteiger partial charge in [0.25, 0.3) is 16.7 Å². The Hall–Kier alpha value is -9.91. The first kappa shape index (κ1) is 90.8. The van der Waals surface area contributed by atoms with Crippen LogP contribution in [0.3, 0.4) is 0 Å². The highest BCUT2D eigenvalue weighted by molar-refractivity contribution is 7.71. The number of halogens is 6. The van der Waals surface area contributed by atoms with Crippen molar-refractivity contribution in [1.82, 2.24) is 87.6 Å². The third-order valence-corrected chi connectivity index (χ3v) is 22.5. The SMILES string of the molecule is CC#CC1(Cl)[C@@H](O)[C@@H]([C@H](C)O)O[C@H]1n1cc(F)c2c(=O)[nH]c(N)nc21.CC#CC1(Cl)[C@@H](O)[C@@H]([C@H](C)O)O[C@H]1n1ccc2c(=O)[nH]c(N)nc21.CC#CC1(Cl)[C@@H](O)[C@@H]([C@H](C)O)O[C@H]1n1cnc2c(=O)[nH]c(N)nc21.CC#CC1(Cl)[C@@H](O)[C@@H]([C@H](C)O)O[C@H]1n1cnc2c(=S)nc(N)[nH]c21.CC#CC1(Cl)[C@@H](O)[C@@H]([C@H](C)O)O[C@H]1n1cnc2cnc(N)nc21. The summed E-state index contributed by atoms with van der Waals surface area (Å²) in [5.41, 5.74) is 28.5. The Balaban J connectivity index is 0.000000147. The molecule has 5 aliphatic rings. The van der Waals surface area contributed by atoms with Gasteiger partial charge in [-0.25, -0.2) is 29.3 Å². The number of nitrogen functional groups attached to an aromatic ring is 5. The molecule has 5 fully saturated rings. The zero-order valence-electron chi connectivity index (χ0n) is 64.7.